The zero-order chi connectivity index (χ0) is 15.4. The minimum atomic E-state index is 0.413. The lowest BCUT2D eigenvalue weighted by Gasteiger charge is -2.32. The van der Waals surface area contributed by atoms with Gasteiger partial charge in [0.2, 0.25) is 5.88 Å². The highest BCUT2D eigenvalue weighted by molar-refractivity contribution is 5.60. The molecule has 1 saturated heterocycles. The van der Waals surface area contributed by atoms with Crippen LogP contribution in [-0.2, 0) is 4.74 Å². The van der Waals surface area contributed by atoms with E-state index < -0.39 is 0 Å². The molecule has 1 aliphatic rings. The molecule has 0 amide bonds. The molecule has 0 spiro atoms. The number of aromatic nitrogens is 1. The van der Waals surface area contributed by atoms with Crippen molar-refractivity contribution in [3.8, 4) is 17.1 Å². The first-order valence-corrected chi connectivity index (χ1v) is 7.71. The summed E-state index contributed by atoms with van der Waals surface area (Å²) in [5.41, 5.74) is 3.37. The van der Waals surface area contributed by atoms with Gasteiger partial charge in [-0.2, -0.15) is 0 Å². The number of hydrogen-bond acceptors (Lipinski definition) is 4. The Kier molecular flexibility index (Phi) is 4.71. The van der Waals surface area contributed by atoms with Crippen LogP contribution in [0.2, 0.25) is 0 Å². The Morgan fingerprint density at radius 3 is 2.50 bits per heavy atom. The van der Waals surface area contributed by atoms with Crippen molar-refractivity contribution in [2.24, 2.45) is 0 Å². The maximum Gasteiger partial charge on any atom is 0.213 e. The summed E-state index contributed by atoms with van der Waals surface area (Å²) in [4.78, 5) is 6.94. The highest BCUT2D eigenvalue weighted by atomic mass is 16.5. The van der Waals surface area contributed by atoms with Crippen LogP contribution in [0.25, 0.3) is 11.3 Å². The largest absolute Gasteiger partial charge is 0.481 e. The Labute approximate surface area is 131 Å². The number of methoxy groups -OCH3 is 1. The maximum absolute atomic E-state index is 5.42. The van der Waals surface area contributed by atoms with Crippen LogP contribution >= 0.6 is 0 Å². The van der Waals surface area contributed by atoms with Crippen LogP contribution in [0.3, 0.4) is 0 Å². The zero-order valence-corrected chi connectivity index (χ0v) is 13.2. The van der Waals surface area contributed by atoms with Crippen molar-refractivity contribution in [1.82, 2.24) is 9.88 Å². The van der Waals surface area contributed by atoms with Crippen LogP contribution in [0.5, 0.6) is 5.88 Å². The van der Waals surface area contributed by atoms with Crippen molar-refractivity contribution < 1.29 is 9.47 Å². The second kappa shape index (κ2) is 6.90. The van der Waals surface area contributed by atoms with Crippen molar-refractivity contribution in [3.63, 3.8) is 0 Å². The third-order valence-corrected chi connectivity index (χ3v) is 4.21. The lowest BCUT2D eigenvalue weighted by Crippen LogP contribution is -2.37. The summed E-state index contributed by atoms with van der Waals surface area (Å²) in [6.07, 6.45) is 0. The van der Waals surface area contributed by atoms with E-state index in [0.717, 1.165) is 37.6 Å². The topological polar surface area (TPSA) is 34.6 Å². The summed E-state index contributed by atoms with van der Waals surface area (Å²) < 4.78 is 10.6. The quantitative estimate of drug-likeness (QED) is 0.868. The first-order chi connectivity index (χ1) is 10.8. The van der Waals surface area contributed by atoms with E-state index in [2.05, 4.69) is 41.1 Å². The summed E-state index contributed by atoms with van der Waals surface area (Å²) in [5, 5.41) is 0. The Balaban J connectivity index is 1.76. The van der Waals surface area contributed by atoms with Crippen molar-refractivity contribution in [1.29, 1.82) is 0 Å². The number of hydrogen-bond donors (Lipinski definition) is 0. The average Bonchev–Trinajstić information content (AvgIpc) is 2.62. The summed E-state index contributed by atoms with van der Waals surface area (Å²) in [5.74, 6) is 0.642. The number of ether oxygens (including phenoxy) is 2. The predicted octanol–water partition coefficient (Wildman–Crippen LogP) is 3.15. The van der Waals surface area contributed by atoms with Crippen LogP contribution in [0.1, 0.15) is 18.5 Å². The smallest absolute Gasteiger partial charge is 0.213 e. The SMILES string of the molecule is COc1cccc(-c2ccc(C(C)N3CCOCC3)cc2)n1. The van der Waals surface area contributed by atoms with Gasteiger partial charge in [0.15, 0.2) is 0 Å². The van der Waals surface area contributed by atoms with Crippen molar-refractivity contribution in [3.05, 3.63) is 48.0 Å². The minimum absolute atomic E-state index is 0.413. The molecule has 1 fully saturated rings. The normalized spacial score (nSPS) is 17.2. The van der Waals surface area contributed by atoms with Gasteiger partial charge in [0.25, 0.3) is 0 Å². The van der Waals surface area contributed by atoms with Gasteiger partial charge in [0, 0.05) is 30.8 Å². The van der Waals surface area contributed by atoms with Crippen molar-refractivity contribution in [2.45, 2.75) is 13.0 Å². The fraction of sp³-hybridized carbons (Fsp3) is 0.389. The monoisotopic (exact) mass is 298 g/mol. The summed E-state index contributed by atoms with van der Waals surface area (Å²) in [6.45, 7) is 5.91. The Bertz CT molecular complexity index is 607. The van der Waals surface area contributed by atoms with Crippen molar-refractivity contribution >= 4 is 0 Å². The number of morpholine rings is 1. The molecule has 1 aliphatic heterocycles. The van der Waals surface area contributed by atoms with Crippen LogP contribution in [0, 0.1) is 0 Å². The van der Waals surface area contributed by atoms with Gasteiger partial charge in [0.05, 0.1) is 26.0 Å². The molecule has 4 heteroatoms. The minimum Gasteiger partial charge on any atom is -0.481 e. The number of pyridine rings is 1. The molecule has 0 N–H and O–H groups in total. The first-order valence-electron chi connectivity index (χ1n) is 7.71. The van der Waals surface area contributed by atoms with E-state index in [4.69, 9.17) is 9.47 Å². The van der Waals surface area contributed by atoms with E-state index in [9.17, 15) is 0 Å². The van der Waals surface area contributed by atoms with E-state index >= 15 is 0 Å². The summed E-state index contributed by atoms with van der Waals surface area (Å²) in [7, 11) is 1.64. The van der Waals surface area contributed by atoms with Crippen molar-refractivity contribution in [2.75, 3.05) is 33.4 Å². The van der Waals surface area contributed by atoms with Gasteiger partial charge in [-0.1, -0.05) is 30.3 Å². The summed E-state index contributed by atoms with van der Waals surface area (Å²) in [6, 6.07) is 14.9. The Hall–Kier alpha value is -1.91. The fourth-order valence-electron chi connectivity index (χ4n) is 2.80. The number of benzene rings is 1. The van der Waals surface area contributed by atoms with Crippen LogP contribution in [0.4, 0.5) is 0 Å². The second-order valence-electron chi connectivity index (χ2n) is 5.51. The molecule has 0 aliphatic carbocycles. The molecule has 2 heterocycles. The second-order valence-corrected chi connectivity index (χ2v) is 5.51. The predicted molar refractivity (Wildman–Crippen MR) is 87.0 cm³/mol. The van der Waals surface area contributed by atoms with Gasteiger partial charge < -0.3 is 9.47 Å². The average molecular weight is 298 g/mol. The van der Waals surface area contributed by atoms with E-state index in [-0.39, 0.29) is 0 Å². The maximum atomic E-state index is 5.42. The molecule has 0 saturated carbocycles. The molecule has 1 unspecified atom stereocenters. The molecule has 116 valence electrons. The molecule has 2 aromatic rings. The molecule has 1 aromatic heterocycles. The van der Waals surface area contributed by atoms with Crippen LogP contribution in [0.15, 0.2) is 42.5 Å². The lowest BCUT2D eigenvalue weighted by atomic mass is 10.0. The molecular formula is C18H22N2O2. The van der Waals surface area contributed by atoms with Crippen LogP contribution in [-0.4, -0.2) is 43.3 Å². The highest BCUT2D eigenvalue weighted by Gasteiger charge is 2.18. The van der Waals surface area contributed by atoms with Gasteiger partial charge in [0.1, 0.15) is 0 Å². The van der Waals surface area contributed by atoms with E-state index in [1.165, 1.54) is 5.56 Å². The molecule has 0 radical (unpaired) electrons. The number of nitrogens with zero attached hydrogens (tertiary/aromatic N) is 2. The molecule has 3 rings (SSSR count). The summed E-state index contributed by atoms with van der Waals surface area (Å²) >= 11 is 0. The van der Waals surface area contributed by atoms with E-state index in [1.807, 2.05) is 18.2 Å². The molecule has 0 bridgehead atoms. The fourth-order valence-corrected chi connectivity index (χ4v) is 2.80. The molecule has 1 atom stereocenters. The van der Waals surface area contributed by atoms with E-state index in [0.29, 0.717) is 11.9 Å². The van der Waals surface area contributed by atoms with Gasteiger partial charge in [-0.15, -0.1) is 0 Å². The van der Waals surface area contributed by atoms with Gasteiger partial charge in [-0.3, -0.25) is 4.90 Å². The molecule has 4 nitrogen and oxygen atoms in total. The lowest BCUT2D eigenvalue weighted by molar-refractivity contribution is 0.0198. The first kappa shape index (κ1) is 15.0. The standard InChI is InChI=1S/C18H22N2O2/c1-14(20-10-12-22-13-11-20)15-6-8-16(9-7-15)17-4-3-5-18(19-17)21-2/h3-9,14H,10-13H2,1-2H3. The molecule has 1 aromatic carbocycles. The Morgan fingerprint density at radius 2 is 1.82 bits per heavy atom. The Morgan fingerprint density at radius 1 is 1.09 bits per heavy atom. The number of rotatable bonds is 4. The zero-order valence-electron chi connectivity index (χ0n) is 13.2. The van der Waals surface area contributed by atoms with Gasteiger partial charge in [-0.05, 0) is 18.6 Å². The third-order valence-electron chi connectivity index (χ3n) is 4.21. The molecular weight excluding hydrogens is 276 g/mol. The molecule has 22 heavy (non-hydrogen) atoms. The van der Waals surface area contributed by atoms with Crippen LogP contribution < -0.4 is 4.74 Å². The van der Waals surface area contributed by atoms with Gasteiger partial charge in [-0.25, -0.2) is 4.98 Å². The van der Waals surface area contributed by atoms with Gasteiger partial charge >= 0.3 is 0 Å². The van der Waals surface area contributed by atoms with E-state index in [1.54, 1.807) is 7.11 Å². The third kappa shape index (κ3) is 3.29. The highest BCUT2D eigenvalue weighted by Crippen LogP contribution is 2.25.